The Labute approximate surface area is 174 Å². The van der Waals surface area contributed by atoms with Crippen molar-refractivity contribution >= 4 is 30.1 Å². The van der Waals surface area contributed by atoms with Gasteiger partial charge in [-0.1, -0.05) is 6.92 Å². The van der Waals surface area contributed by atoms with E-state index in [-0.39, 0.29) is 42.2 Å². The molecule has 0 aliphatic carbocycles. The Bertz CT molecular complexity index is 554. The summed E-state index contributed by atoms with van der Waals surface area (Å²) in [6, 6.07) is -0.331. The van der Waals surface area contributed by atoms with E-state index in [1.165, 1.54) is 0 Å². The van der Waals surface area contributed by atoms with E-state index < -0.39 is 0 Å². The molecule has 0 saturated carbocycles. The van der Waals surface area contributed by atoms with Crippen molar-refractivity contribution in [3.8, 4) is 0 Å². The first-order valence-corrected chi connectivity index (χ1v) is 10.7. The maximum Gasteiger partial charge on any atom is 0.245 e. The zero-order chi connectivity index (χ0) is 19.2. The van der Waals surface area contributed by atoms with Crippen LogP contribution in [0.4, 0.5) is 0 Å². The average molecular weight is 415 g/mol. The number of carbonyl (C=O) groups is 3. The third-order valence-electron chi connectivity index (χ3n) is 6.09. The van der Waals surface area contributed by atoms with Crippen LogP contribution in [0.1, 0.15) is 58.3 Å². The summed E-state index contributed by atoms with van der Waals surface area (Å²) < 4.78 is 0. The van der Waals surface area contributed by atoms with E-state index in [4.69, 9.17) is 0 Å². The first kappa shape index (κ1) is 22.9. The van der Waals surface area contributed by atoms with Crippen LogP contribution in [-0.2, 0) is 14.4 Å². The molecule has 3 fully saturated rings. The molecule has 0 aromatic rings. The monoisotopic (exact) mass is 414 g/mol. The van der Waals surface area contributed by atoms with Crippen molar-refractivity contribution in [1.82, 2.24) is 20.4 Å². The highest BCUT2D eigenvalue weighted by atomic mass is 35.5. The van der Waals surface area contributed by atoms with Crippen LogP contribution in [0.5, 0.6) is 0 Å². The van der Waals surface area contributed by atoms with Crippen molar-refractivity contribution in [2.24, 2.45) is 5.92 Å². The van der Waals surface area contributed by atoms with E-state index in [9.17, 15) is 14.4 Å². The number of nitrogens with one attached hydrogen (secondary N) is 2. The third kappa shape index (κ3) is 5.60. The van der Waals surface area contributed by atoms with Gasteiger partial charge in [-0.3, -0.25) is 14.4 Å². The zero-order valence-corrected chi connectivity index (χ0v) is 17.8. The van der Waals surface area contributed by atoms with Gasteiger partial charge in [0.15, 0.2) is 0 Å². The quantitative estimate of drug-likeness (QED) is 0.686. The second-order valence-corrected chi connectivity index (χ2v) is 8.18. The summed E-state index contributed by atoms with van der Waals surface area (Å²) in [5, 5.41) is 6.28. The fourth-order valence-electron chi connectivity index (χ4n) is 4.60. The van der Waals surface area contributed by atoms with Crippen molar-refractivity contribution in [2.75, 3.05) is 32.7 Å². The van der Waals surface area contributed by atoms with Gasteiger partial charge in [0, 0.05) is 32.6 Å². The van der Waals surface area contributed by atoms with Crippen LogP contribution in [0.2, 0.25) is 0 Å². The number of carbonyl (C=O) groups excluding carboxylic acids is 3. The van der Waals surface area contributed by atoms with Crippen molar-refractivity contribution in [1.29, 1.82) is 0 Å². The predicted octanol–water partition coefficient (Wildman–Crippen LogP) is 1.31. The molecule has 0 bridgehead atoms. The molecule has 3 aliphatic heterocycles. The fraction of sp³-hybridized carbons (Fsp3) is 0.850. The molecular formula is C20H35ClN4O3. The lowest BCUT2D eigenvalue weighted by Crippen LogP contribution is -2.52. The minimum Gasteiger partial charge on any atom is -0.354 e. The first-order valence-electron chi connectivity index (χ1n) is 10.7. The number of hydrogen-bond acceptors (Lipinski definition) is 4. The van der Waals surface area contributed by atoms with Gasteiger partial charge in [-0.25, -0.2) is 0 Å². The molecule has 3 heterocycles. The second kappa shape index (κ2) is 11.0. The number of nitrogens with zero attached hydrogens (tertiary/aromatic N) is 2. The number of hydrogen-bond donors (Lipinski definition) is 2. The maximum atomic E-state index is 13.0. The predicted molar refractivity (Wildman–Crippen MR) is 110 cm³/mol. The fourth-order valence-corrected chi connectivity index (χ4v) is 4.60. The Hall–Kier alpha value is -1.34. The topological polar surface area (TPSA) is 81.8 Å². The van der Waals surface area contributed by atoms with Crippen LogP contribution in [-0.4, -0.2) is 72.3 Å². The minimum absolute atomic E-state index is 0. The molecule has 28 heavy (non-hydrogen) atoms. The zero-order valence-electron chi connectivity index (χ0n) is 17.0. The molecule has 2 N–H and O–H groups in total. The van der Waals surface area contributed by atoms with Crippen molar-refractivity contribution in [3.63, 3.8) is 0 Å². The molecule has 3 saturated heterocycles. The molecule has 3 rings (SSSR count). The number of amides is 3. The molecule has 3 atom stereocenters. The molecule has 0 aromatic heterocycles. The number of piperidine rings is 1. The number of rotatable bonds is 6. The molecule has 3 aliphatic rings. The molecule has 160 valence electrons. The lowest BCUT2D eigenvalue weighted by Gasteiger charge is -2.36. The normalized spacial score (nSPS) is 27.4. The number of likely N-dealkylation sites (tertiary alicyclic amines) is 2. The van der Waals surface area contributed by atoms with Gasteiger partial charge >= 0.3 is 0 Å². The Morgan fingerprint density at radius 1 is 1.07 bits per heavy atom. The highest BCUT2D eigenvalue weighted by molar-refractivity contribution is 5.88. The summed E-state index contributed by atoms with van der Waals surface area (Å²) in [6.07, 6.45) is 6.98. The average Bonchev–Trinajstić information content (AvgIpc) is 3.37. The molecule has 7 nitrogen and oxygen atoms in total. The molecular weight excluding hydrogens is 380 g/mol. The lowest BCUT2D eigenvalue weighted by molar-refractivity contribution is -0.145. The van der Waals surface area contributed by atoms with Crippen LogP contribution in [0.3, 0.4) is 0 Å². The Morgan fingerprint density at radius 3 is 2.57 bits per heavy atom. The standard InChI is InChI=1S/C20H34N4O3.ClH/c1-2-6-18(25)24-12-5-9-17(24)20(27)23-11-4-7-15(14-23)13-22-19(26)16-8-3-10-21-16;/h15-17,21H,2-14H2,1H3,(H,22,26);1H. The Kier molecular flexibility index (Phi) is 9.02. The second-order valence-electron chi connectivity index (χ2n) is 8.18. The molecule has 3 unspecified atom stereocenters. The Morgan fingerprint density at radius 2 is 1.86 bits per heavy atom. The molecule has 0 spiro atoms. The van der Waals surface area contributed by atoms with E-state index in [0.29, 0.717) is 32.0 Å². The first-order chi connectivity index (χ1) is 13.1. The largest absolute Gasteiger partial charge is 0.354 e. The van der Waals surface area contributed by atoms with Crippen molar-refractivity contribution < 1.29 is 14.4 Å². The van der Waals surface area contributed by atoms with Gasteiger partial charge < -0.3 is 20.4 Å². The summed E-state index contributed by atoms with van der Waals surface area (Å²) in [5.74, 6) is 0.598. The smallest absolute Gasteiger partial charge is 0.245 e. The minimum atomic E-state index is -0.278. The number of halogens is 1. The van der Waals surface area contributed by atoms with Crippen molar-refractivity contribution in [3.05, 3.63) is 0 Å². The van der Waals surface area contributed by atoms with Gasteiger partial charge in [0.2, 0.25) is 17.7 Å². The summed E-state index contributed by atoms with van der Waals surface area (Å²) in [5.41, 5.74) is 0. The summed E-state index contributed by atoms with van der Waals surface area (Å²) in [4.78, 5) is 41.3. The van der Waals surface area contributed by atoms with Gasteiger partial charge in [0.25, 0.3) is 0 Å². The van der Waals surface area contributed by atoms with E-state index in [0.717, 1.165) is 58.0 Å². The van der Waals surface area contributed by atoms with E-state index in [1.54, 1.807) is 4.90 Å². The molecule has 0 radical (unpaired) electrons. The summed E-state index contributed by atoms with van der Waals surface area (Å²) in [7, 11) is 0. The van der Waals surface area contributed by atoms with Crippen LogP contribution in [0, 0.1) is 5.92 Å². The lowest BCUT2D eigenvalue weighted by atomic mass is 9.97. The SMILES string of the molecule is CCCC(=O)N1CCCC1C(=O)N1CCCC(CNC(=O)C2CCCN2)C1.Cl. The van der Waals surface area contributed by atoms with Crippen LogP contribution in [0.15, 0.2) is 0 Å². The highest BCUT2D eigenvalue weighted by Crippen LogP contribution is 2.24. The van der Waals surface area contributed by atoms with Gasteiger partial charge in [0.05, 0.1) is 6.04 Å². The highest BCUT2D eigenvalue weighted by Gasteiger charge is 2.37. The molecule has 3 amide bonds. The van der Waals surface area contributed by atoms with E-state index in [1.807, 2.05) is 11.8 Å². The van der Waals surface area contributed by atoms with Gasteiger partial charge in [-0.15, -0.1) is 12.4 Å². The maximum absolute atomic E-state index is 13.0. The van der Waals surface area contributed by atoms with Crippen LogP contribution < -0.4 is 10.6 Å². The van der Waals surface area contributed by atoms with Gasteiger partial charge in [-0.2, -0.15) is 0 Å². The Balaban J connectivity index is 0.00000280. The summed E-state index contributed by atoms with van der Waals surface area (Å²) in [6.45, 7) is 5.69. The molecule has 8 heteroatoms. The van der Waals surface area contributed by atoms with Crippen LogP contribution in [0.25, 0.3) is 0 Å². The molecule has 0 aromatic carbocycles. The third-order valence-corrected chi connectivity index (χ3v) is 6.09. The van der Waals surface area contributed by atoms with Crippen LogP contribution >= 0.6 is 12.4 Å². The van der Waals surface area contributed by atoms with E-state index in [2.05, 4.69) is 10.6 Å². The van der Waals surface area contributed by atoms with Gasteiger partial charge in [-0.05, 0) is 57.4 Å². The van der Waals surface area contributed by atoms with Crippen molar-refractivity contribution in [2.45, 2.75) is 70.4 Å². The van der Waals surface area contributed by atoms with Gasteiger partial charge in [0.1, 0.15) is 6.04 Å². The van der Waals surface area contributed by atoms with E-state index >= 15 is 0 Å². The summed E-state index contributed by atoms with van der Waals surface area (Å²) >= 11 is 0.